The molecule has 4 atom stereocenters. The third kappa shape index (κ3) is 3.75. The Kier molecular flexibility index (Phi) is 4.88. The Balaban J connectivity index is 1.34. The average Bonchev–Trinajstić information content (AvgIpc) is 3.50. The highest BCUT2D eigenvalue weighted by molar-refractivity contribution is 6.50. The molecular formula is C20H20Cl3N5O3. The van der Waals surface area contributed by atoms with Crippen LogP contribution in [0.5, 0.6) is 0 Å². The van der Waals surface area contributed by atoms with Gasteiger partial charge < -0.3 is 16.0 Å². The second kappa shape index (κ2) is 7.25. The van der Waals surface area contributed by atoms with Crippen LogP contribution in [0.3, 0.4) is 0 Å². The minimum absolute atomic E-state index is 0.0345. The molecule has 2 heterocycles. The third-order valence-electron chi connectivity index (χ3n) is 6.41. The van der Waals surface area contributed by atoms with Gasteiger partial charge in [0.1, 0.15) is 16.9 Å². The van der Waals surface area contributed by atoms with E-state index in [1.807, 2.05) is 0 Å². The Hall–Kier alpha value is -2.03. The van der Waals surface area contributed by atoms with Crippen molar-refractivity contribution in [2.24, 2.45) is 17.6 Å². The molecule has 0 radical (unpaired) electrons. The number of carbonyl (C=O) groups excluding carboxylic acids is 3. The number of likely N-dealkylation sites (tertiary alicyclic amines) is 1. The summed E-state index contributed by atoms with van der Waals surface area (Å²) in [6.45, 7) is 0.274. The highest BCUT2D eigenvalue weighted by atomic mass is 35.5. The van der Waals surface area contributed by atoms with Crippen molar-refractivity contribution >= 4 is 63.4 Å². The van der Waals surface area contributed by atoms with Crippen LogP contribution in [-0.2, 0) is 16.1 Å². The third-order valence-corrected chi connectivity index (χ3v) is 7.57. The number of hydrogen-bond acceptors (Lipinski definition) is 4. The van der Waals surface area contributed by atoms with Crippen LogP contribution in [0.15, 0.2) is 18.2 Å². The minimum atomic E-state index is -0.763. The molecule has 3 aliphatic rings. The number of aromatic nitrogens is 2. The van der Waals surface area contributed by atoms with Gasteiger partial charge in [-0.15, -0.1) is 23.2 Å². The van der Waals surface area contributed by atoms with E-state index in [0.29, 0.717) is 41.2 Å². The minimum Gasteiger partial charge on any atom is -0.364 e. The smallest absolute Gasteiger partial charge is 0.269 e. The lowest BCUT2D eigenvalue weighted by molar-refractivity contribution is -0.140. The second-order valence-electron chi connectivity index (χ2n) is 8.55. The Morgan fingerprint density at radius 3 is 2.68 bits per heavy atom. The number of carbonyl (C=O) groups is 3. The van der Waals surface area contributed by atoms with Crippen molar-refractivity contribution in [3.8, 4) is 0 Å². The second-order valence-corrected chi connectivity index (χ2v) is 10.5. The molecule has 3 N–H and O–H groups in total. The number of nitrogens with one attached hydrogen (secondary N) is 1. The van der Waals surface area contributed by atoms with Crippen molar-refractivity contribution in [1.29, 1.82) is 0 Å². The fraction of sp³-hybridized carbons (Fsp3) is 0.500. The van der Waals surface area contributed by atoms with E-state index in [1.165, 1.54) is 4.68 Å². The number of amides is 3. The van der Waals surface area contributed by atoms with Crippen LogP contribution in [0.4, 0.5) is 0 Å². The number of fused-ring (bicyclic) bond motifs is 2. The molecule has 3 amide bonds. The zero-order valence-electron chi connectivity index (χ0n) is 16.4. The molecule has 11 heteroatoms. The van der Waals surface area contributed by atoms with Gasteiger partial charge >= 0.3 is 0 Å². The van der Waals surface area contributed by atoms with Gasteiger partial charge in [0.25, 0.3) is 5.91 Å². The first-order chi connectivity index (χ1) is 14.7. The lowest BCUT2D eigenvalue weighted by atomic mass is 10.1. The summed E-state index contributed by atoms with van der Waals surface area (Å²) in [4.78, 5) is 39.4. The van der Waals surface area contributed by atoms with Crippen LogP contribution < -0.4 is 11.1 Å². The molecule has 1 aromatic heterocycles. The molecule has 2 aromatic rings. The van der Waals surface area contributed by atoms with Gasteiger partial charge in [-0.25, -0.2) is 0 Å². The van der Waals surface area contributed by atoms with E-state index >= 15 is 0 Å². The normalized spacial score (nSPS) is 27.8. The highest BCUT2D eigenvalue weighted by Crippen LogP contribution is 2.53. The number of nitrogens with two attached hydrogens (primary N) is 1. The monoisotopic (exact) mass is 483 g/mol. The van der Waals surface area contributed by atoms with Crippen LogP contribution in [0.25, 0.3) is 10.9 Å². The van der Waals surface area contributed by atoms with Gasteiger partial charge in [-0.3, -0.25) is 19.1 Å². The fourth-order valence-corrected chi connectivity index (χ4v) is 5.23. The van der Waals surface area contributed by atoms with Crippen LogP contribution in [0, 0.1) is 11.8 Å². The van der Waals surface area contributed by atoms with Crippen LogP contribution >= 0.6 is 34.8 Å². The molecule has 1 aromatic carbocycles. The lowest BCUT2D eigenvalue weighted by Gasteiger charge is -2.27. The summed E-state index contributed by atoms with van der Waals surface area (Å²) in [7, 11) is 0. The number of rotatable bonds is 6. The predicted octanol–water partition coefficient (Wildman–Crippen LogP) is 2.09. The molecule has 3 fully saturated rings. The van der Waals surface area contributed by atoms with Crippen molar-refractivity contribution in [2.75, 3.05) is 6.54 Å². The Labute approximate surface area is 192 Å². The fourth-order valence-electron chi connectivity index (χ4n) is 4.54. The summed E-state index contributed by atoms with van der Waals surface area (Å²) < 4.78 is 0.662. The number of piperidine rings is 1. The Morgan fingerprint density at radius 1 is 1.26 bits per heavy atom. The molecular weight excluding hydrogens is 465 g/mol. The van der Waals surface area contributed by atoms with Gasteiger partial charge in [-0.05, 0) is 43.4 Å². The summed E-state index contributed by atoms with van der Waals surface area (Å²) in [5, 5.41) is 8.10. The Bertz CT molecular complexity index is 1120. The van der Waals surface area contributed by atoms with Gasteiger partial charge in [0.15, 0.2) is 5.69 Å². The largest absolute Gasteiger partial charge is 0.364 e. The van der Waals surface area contributed by atoms with Gasteiger partial charge in [-0.2, -0.15) is 5.10 Å². The number of primary amides is 1. The quantitative estimate of drug-likeness (QED) is 0.612. The van der Waals surface area contributed by atoms with Crippen molar-refractivity contribution in [2.45, 2.75) is 42.2 Å². The molecule has 0 spiro atoms. The maximum Gasteiger partial charge on any atom is 0.269 e. The van der Waals surface area contributed by atoms with E-state index in [4.69, 9.17) is 40.5 Å². The molecule has 2 saturated carbocycles. The van der Waals surface area contributed by atoms with Crippen molar-refractivity contribution < 1.29 is 14.4 Å². The van der Waals surface area contributed by atoms with Gasteiger partial charge in [0.05, 0.1) is 5.52 Å². The van der Waals surface area contributed by atoms with Gasteiger partial charge in [-0.1, -0.05) is 11.6 Å². The molecule has 5 rings (SSSR count). The average molecular weight is 485 g/mol. The molecule has 8 nitrogen and oxygen atoms in total. The van der Waals surface area contributed by atoms with E-state index in [0.717, 1.165) is 6.42 Å². The van der Waals surface area contributed by atoms with Crippen molar-refractivity contribution in [3.05, 3.63) is 28.9 Å². The van der Waals surface area contributed by atoms with E-state index in [9.17, 15) is 14.4 Å². The number of benzene rings is 1. The standard InChI is InChI=1S/C20H20Cl3N5O3/c21-11-1-2-12-14(5-11)27(26-17(12)18(24)30)8-16(29)28-13-3-9(13)4-15(28)19(31)25-7-10-6-20(10,22)23/h1-2,5,9-10,13,15H,3-4,6-8H2,(H2,24,30)(H,25,31)/t9-,10-,13-,15+/m1/s1. The maximum atomic E-state index is 13.2. The highest BCUT2D eigenvalue weighted by Gasteiger charge is 2.56. The first-order valence-electron chi connectivity index (χ1n) is 10.1. The zero-order valence-corrected chi connectivity index (χ0v) is 18.6. The van der Waals surface area contributed by atoms with Crippen molar-refractivity contribution in [1.82, 2.24) is 20.0 Å². The van der Waals surface area contributed by atoms with Crippen LogP contribution in [-0.4, -0.2) is 55.4 Å². The summed E-state index contributed by atoms with van der Waals surface area (Å²) in [5.74, 6) is -0.740. The van der Waals surface area contributed by atoms with E-state index in [1.54, 1.807) is 23.1 Å². The topological polar surface area (TPSA) is 110 Å². The van der Waals surface area contributed by atoms with Gasteiger partial charge in [0, 0.05) is 28.9 Å². The summed E-state index contributed by atoms with van der Waals surface area (Å²) in [6, 6.07) is 4.45. The summed E-state index contributed by atoms with van der Waals surface area (Å²) in [5.41, 5.74) is 6.06. The van der Waals surface area contributed by atoms with Crippen LogP contribution in [0.2, 0.25) is 5.02 Å². The molecule has 2 aliphatic carbocycles. The summed E-state index contributed by atoms with van der Waals surface area (Å²) in [6.07, 6.45) is 2.17. The van der Waals surface area contributed by atoms with Crippen molar-refractivity contribution in [3.63, 3.8) is 0 Å². The maximum absolute atomic E-state index is 13.2. The van der Waals surface area contributed by atoms with E-state index in [2.05, 4.69) is 10.4 Å². The predicted molar refractivity (Wildman–Crippen MR) is 116 cm³/mol. The van der Waals surface area contributed by atoms with Gasteiger partial charge in [0.2, 0.25) is 11.8 Å². The Morgan fingerprint density at radius 2 is 2.00 bits per heavy atom. The lowest BCUT2D eigenvalue weighted by Crippen LogP contribution is -2.49. The van der Waals surface area contributed by atoms with Crippen LogP contribution in [0.1, 0.15) is 29.8 Å². The molecule has 0 unspecified atom stereocenters. The first-order valence-corrected chi connectivity index (χ1v) is 11.2. The molecule has 1 aliphatic heterocycles. The molecule has 1 saturated heterocycles. The first kappa shape index (κ1) is 20.8. The SMILES string of the molecule is NC(=O)c1nn(CC(=O)N2[C@@H]3C[C@@H]3C[C@H]2C(=O)NC[C@H]2CC2(Cl)Cl)c2cc(Cl)ccc12. The number of alkyl halides is 2. The number of hydrogen-bond donors (Lipinski definition) is 2. The summed E-state index contributed by atoms with van der Waals surface area (Å²) >= 11 is 18.2. The molecule has 0 bridgehead atoms. The zero-order chi connectivity index (χ0) is 22.1. The number of halogens is 3. The molecule has 164 valence electrons. The van der Waals surface area contributed by atoms with E-state index in [-0.39, 0.29) is 36.0 Å². The molecule has 31 heavy (non-hydrogen) atoms. The number of nitrogens with zero attached hydrogens (tertiary/aromatic N) is 3. The van der Waals surface area contributed by atoms with E-state index < -0.39 is 16.3 Å².